The average molecular weight is 734 g/mol. The summed E-state index contributed by atoms with van der Waals surface area (Å²) in [6.45, 7) is 12.4. The SMILES string of the molecule is Cc1ccc2c(c1)C(C)(C)C(=CC=CC=CC=CC1=[N+](CCCCCC(=O)O)c3ccc(S(=O)(=O)O)cc3C1(C)C)N2CCCC1=C/C=C\C=C/C=C1. The van der Waals surface area contributed by atoms with Gasteiger partial charge in [-0.1, -0.05) is 104 Å². The Hall–Kier alpha value is -4.79. The van der Waals surface area contributed by atoms with Crippen LogP contribution >= 0.6 is 0 Å². The number of hydrogen-bond donors (Lipinski definition) is 2. The van der Waals surface area contributed by atoms with Crippen molar-refractivity contribution in [2.75, 3.05) is 18.0 Å². The van der Waals surface area contributed by atoms with E-state index in [-0.39, 0.29) is 16.7 Å². The molecule has 8 heteroatoms. The Morgan fingerprint density at radius 1 is 0.830 bits per heavy atom. The smallest absolute Gasteiger partial charge is 0.303 e. The van der Waals surface area contributed by atoms with Crippen LogP contribution in [0.25, 0.3) is 0 Å². The molecule has 0 spiro atoms. The zero-order valence-electron chi connectivity index (χ0n) is 31.6. The molecule has 278 valence electrons. The van der Waals surface area contributed by atoms with E-state index in [0.717, 1.165) is 49.2 Å². The zero-order chi connectivity index (χ0) is 38.2. The average Bonchev–Trinajstić information content (AvgIpc) is 3.42. The summed E-state index contributed by atoms with van der Waals surface area (Å²) in [5.41, 5.74) is 8.52. The fraction of sp³-hybridized carbons (Fsp3) is 0.333. The highest BCUT2D eigenvalue weighted by Gasteiger charge is 2.45. The lowest BCUT2D eigenvalue weighted by atomic mass is 9.81. The van der Waals surface area contributed by atoms with Crippen LogP contribution in [0.3, 0.4) is 0 Å². The van der Waals surface area contributed by atoms with E-state index >= 15 is 0 Å². The number of carboxylic acid groups (broad SMARTS) is 1. The first-order chi connectivity index (χ1) is 25.2. The molecule has 0 atom stereocenters. The van der Waals surface area contributed by atoms with Gasteiger partial charge >= 0.3 is 5.97 Å². The summed E-state index contributed by atoms with van der Waals surface area (Å²) in [6.07, 6.45) is 33.5. The third-order valence-electron chi connectivity index (χ3n) is 10.3. The van der Waals surface area contributed by atoms with Gasteiger partial charge in [0.05, 0.1) is 10.3 Å². The molecule has 0 saturated carbocycles. The van der Waals surface area contributed by atoms with Gasteiger partial charge in [0, 0.05) is 53.9 Å². The summed E-state index contributed by atoms with van der Waals surface area (Å²) in [7, 11) is -4.36. The van der Waals surface area contributed by atoms with E-state index in [0.29, 0.717) is 13.0 Å². The summed E-state index contributed by atoms with van der Waals surface area (Å²) in [6, 6.07) is 11.5. The van der Waals surface area contributed by atoms with Crippen molar-refractivity contribution in [3.8, 4) is 0 Å². The van der Waals surface area contributed by atoms with Crippen LogP contribution in [-0.2, 0) is 25.7 Å². The maximum Gasteiger partial charge on any atom is 0.303 e. The summed E-state index contributed by atoms with van der Waals surface area (Å²) in [5.74, 6) is -0.797. The topological polar surface area (TPSA) is 97.9 Å². The second kappa shape index (κ2) is 16.9. The molecular formula is C45H53N2O5S+. The molecule has 0 unspecified atom stereocenters. The molecule has 0 aromatic heterocycles. The van der Waals surface area contributed by atoms with E-state index in [1.807, 2.05) is 44.2 Å². The monoisotopic (exact) mass is 733 g/mol. The van der Waals surface area contributed by atoms with E-state index in [1.54, 1.807) is 12.1 Å². The van der Waals surface area contributed by atoms with E-state index in [9.17, 15) is 17.8 Å². The molecule has 53 heavy (non-hydrogen) atoms. The van der Waals surface area contributed by atoms with E-state index in [4.69, 9.17) is 5.11 Å². The Balaban J connectivity index is 1.34. The third kappa shape index (κ3) is 9.42. The lowest BCUT2D eigenvalue weighted by molar-refractivity contribution is -0.438. The number of aliphatic carboxylic acids is 1. The van der Waals surface area contributed by atoms with Gasteiger partial charge in [0.15, 0.2) is 5.71 Å². The van der Waals surface area contributed by atoms with Gasteiger partial charge in [0.2, 0.25) is 5.69 Å². The lowest BCUT2D eigenvalue weighted by Gasteiger charge is -2.27. The van der Waals surface area contributed by atoms with Gasteiger partial charge < -0.3 is 10.0 Å². The standard InChI is InChI=1S/C45H52N2O5S/c1-34-26-28-39-37(32-34)44(2,3)41(47(39)31-19-22-35-20-13-8-6-9-14-21-35)23-15-10-7-11-16-24-42-45(4,5)38-33-36(53(50,51)52)27-29-40(38)46(42)30-18-12-17-25-43(48)49/h6-11,13-16,20-21,23-24,26-29,32-33H,12,17-19,22,25,30-31H2,1-5H3,(H-,48,49,50,51,52)/p+1/b8-6-,9-6?,13-8?,14-9-,20-13?,21-14?,35-20?,35-21?. The first-order valence-electron chi connectivity index (χ1n) is 18.5. The van der Waals surface area contributed by atoms with Crippen LogP contribution in [0.15, 0.2) is 138 Å². The Morgan fingerprint density at radius 2 is 1.57 bits per heavy atom. The van der Waals surface area contributed by atoms with Gasteiger partial charge in [-0.15, -0.1) is 0 Å². The zero-order valence-corrected chi connectivity index (χ0v) is 32.4. The van der Waals surface area contributed by atoms with Crippen molar-refractivity contribution in [3.05, 3.63) is 149 Å². The van der Waals surface area contributed by atoms with Crippen LogP contribution in [0.5, 0.6) is 0 Å². The predicted octanol–water partition coefficient (Wildman–Crippen LogP) is 10.0. The quantitative estimate of drug-likeness (QED) is 0.0819. The van der Waals surface area contributed by atoms with Gasteiger partial charge in [-0.25, -0.2) is 0 Å². The number of rotatable bonds is 15. The maximum atomic E-state index is 12.0. The molecule has 2 aromatic rings. The number of benzene rings is 2. The van der Waals surface area contributed by atoms with Crippen LogP contribution in [0, 0.1) is 6.92 Å². The second-order valence-corrected chi connectivity index (χ2v) is 16.4. The summed E-state index contributed by atoms with van der Waals surface area (Å²) in [4.78, 5) is 13.4. The van der Waals surface area contributed by atoms with Crippen molar-refractivity contribution in [1.82, 2.24) is 0 Å². The van der Waals surface area contributed by atoms with Crippen LogP contribution in [0.2, 0.25) is 0 Å². The lowest BCUT2D eigenvalue weighted by Crippen LogP contribution is -2.28. The van der Waals surface area contributed by atoms with Crippen molar-refractivity contribution in [3.63, 3.8) is 0 Å². The molecule has 3 aliphatic rings. The fourth-order valence-corrected chi connectivity index (χ4v) is 8.02. The molecule has 7 nitrogen and oxygen atoms in total. The number of nitrogens with zero attached hydrogens (tertiary/aromatic N) is 2. The highest BCUT2D eigenvalue weighted by Crippen LogP contribution is 2.48. The molecule has 0 fully saturated rings. The molecule has 2 aliphatic heterocycles. The van der Waals surface area contributed by atoms with Gasteiger partial charge in [-0.3, -0.25) is 9.35 Å². The summed E-state index contributed by atoms with van der Waals surface area (Å²) in [5, 5.41) is 9.04. The highest BCUT2D eigenvalue weighted by atomic mass is 32.2. The van der Waals surface area contributed by atoms with Crippen LogP contribution in [0.4, 0.5) is 11.4 Å². The molecule has 2 aromatic carbocycles. The van der Waals surface area contributed by atoms with Crippen molar-refractivity contribution < 1.29 is 27.4 Å². The predicted molar refractivity (Wildman–Crippen MR) is 217 cm³/mol. The van der Waals surface area contributed by atoms with Crippen molar-refractivity contribution in [2.24, 2.45) is 0 Å². The molecule has 0 amide bonds. The van der Waals surface area contributed by atoms with E-state index < -0.39 is 21.5 Å². The highest BCUT2D eigenvalue weighted by molar-refractivity contribution is 7.85. The first-order valence-corrected chi connectivity index (χ1v) is 20.0. The van der Waals surface area contributed by atoms with Crippen molar-refractivity contribution in [1.29, 1.82) is 0 Å². The number of carbonyl (C=O) groups is 1. The molecule has 0 bridgehead atoms. The number of unbranched alkanes of at least 4 members (excludes halogenated alkanes) is 2. The molecule has 5 rings (SSSR count). The largest absolute Gasteiger partial charge is 0.481 e. The van der Waals surface area contributed by atoms with E-state index in [1.165, 1.54) is 34.2 Å². The molecule has 0 radical (unpaired) electrons. The van der Waals surface area contributed by atoms with Crippen LogP contribution in [0.1, 0.15) is 82.9 Å². The van der Waals surface area contributed by atoms with Gasteiger partial charge in [-0.05, 0) is 81.9 Å². The minimum atomic E-state index is -4.36. The van der Waals surface area contributed by atoms with Crippen molar-refractivity contribution >= 4 is 33.2 Å². The third-order valence-corrected chi connectivity index (χ3v) is 11.2. The number of allylic oxidation sites excluding steroid dienone is 16. The summed E-state index contributed by atoms with van der Waals surface area (Å²) >= 11 is 0. The fourth-order valence-electron chi connectivity index (χ4n) is 7.51. The molecule has 2 N–H and O–H groups in total. The summed E-state index contributed by atoms with van der Waals surface area (Å²) < 4.78 is 35.9. The van der Waals surface area contributed by atoms with Gasteiger partial charge in [0.1, 0.15) is 6.54 Å². The molecule has 2 heterocycles. The molecule has 1 aliphatic carbocycles. The number of fused-ring (bicyclic) bond motifs is 2. The van der Waals surface area contributed by atoms with Gasteiger partial charge in [-0.2, -0.15) is 13.0 Å². The van der Waals surface area contributed by atoms with Crippen LogP contribution in [-0.4, -0.2) is 47.4 Å². The Labute approximate surface area is 315 Å². The molecule has 0 saturated heterocycles. The van der Waals surface area contributed by atoms with E-state index in [2.05, 4.69) is 103 Å². The van der Waals surface area contributed by atoms with Crippen LogP contribution < -0.4 is 4.90 Å². The normalized spacial score (nSPS) is 19.6. The first kappa shape index (κ1) is 39.4. The molecular weight excluding hydrogens is 681 g/mol. The Kier molecular flexibility index (Phi) is 12.6. The minimum Gasteiger partial charge on any atom is -0.481 e. The minimum absolute atomic E-state index is 0.128. The number of aryl methyl sites for hydroxylation is 1. The van der Waals surface area contributed by atoms with Crippen molar-refractivity contribution in [2.45, 2.75) is 88.9 Å². The number of anilines is 1. The van der Waals surface area contributed by atoms with Gasteiger partial charge in [0.25, 0.3) is 10.1 Å². The number of hydrogen-bond acceptors (Lipinski definition) is 4. The Morgan fingerprint density at radius 3 is 2.34 bits per heavy atom. The maximum absolute atomic E-state index is 12.0. The number of carboxylic acids is 1. The Bertz CT molecular complexity index is 2100. The second-order valence-electron chi connectivity index (χ2n) is 15.0.